The highest BCUT2D eigenvalue weighted by molar-refractivity contribution is 5.48. The fourth-order valence-electron chi connectivity index (χ4n) is 4.85. The first-order chi connectivity index (χ1) is 13.7. The molecule has 5 atom stereocenters. The highest BCUT2D eigenvalue weighted by Crippen LogP contribution is 2.48. The minimum atomic E-state index is -0.721. The van der Waals surface area contributed by atoms with Gasteiger partial charge in [0.25, 0.3) is 0 Å². The van der Waals surface area contributed by atoms with Crippen LogP contribution in [-0.4, -0.2) is 38.9 Å². The van der Waals surface area contributed by atoms with Gasteiger partial charge in [-0.05, 0) is 41.8 Å². The lowest BCUT2D eigenvalue weighted by Gasteiger charge is -2.52. The Morgan fingerprint density at radius 3 is 1.38 bits per heavy atom. The normalized spacial score (nSPS) is 29.5. The van der Waals surface area contributed by atoms with Gasteiger partial charge in [0, 0.05) is 63.5 Å². The standard InChI is InChI=1S/C25H37N3O/c1-8-25(29)17(2)23(19-9-13-21(14-10-19)27(4)5)26-24(18(25)3)20-11-15-22(16-12-20)28(6)7/h9-18,23-24,26,29H,8H2,1-7H3/t17-,18+,23-,24-,25?/m0/s1. The summed E-state index contributed by atoms with van der Waals surface area (Å²) in [5.74, 6) is 0.231. The zero-order chi connectivity index (χ0) is 21.3. The average Bonchev–Trinajstić information content (AvgIpc) is 2.72. The van der Waals surface area contributed by atoms with Gasteiger partial charge in [0.2, 0.25) is 0 Å². The van der Waals surface area contributed by atoms with Crippen LogP contribution in [0, 0.1) is 11.8 Å². The largest absolute Gasteiger partial charge is 0.389 e. The van der Waals surface area contributed by atoms with Crippen molar-refractivity contribution >= 4 is 11.4 Å². The molecule has 0 bridgehead atoms. The van der Waals surface area contributed by atoms with Gasteiger partial charge in [0.15, 0.2) is 0 Å². The molecule has 0 spiro atoms. The molecule has 2 N–H and O–H groups in total. The van der Waals surface area contributed by atoms with Crippen LogP contribution in [-0.2, 0) is 0 Å². The molecule has 3 rings (SSSR count). The maximum absolute atomic E-state index is 11.7. The van der Waals surface area contributed by atoms with E-state index in [0.29, 0.717) is 0 Å². The first kappa shape index (κ1) is 21.7. The second-order valence-electron chi connectivity index (χ2n) is 9.02. The summed E-state index contributed by atoms with van der Waals surface area (Å²) in [6, 6.07) is 17.6. The molecule has 1 aliphatic rings. The van der Waals surface area contributed by atoms with Crippen molar-refractivity contribution in [1.29, 1.82) is 0 Å². The van der Waals surface area contributed by atoms with Crippen LogP contribution in [0.1, 0.15) is 50.4 Å². The first-order valence-electron chi connectivity index (χ1n) is 10.7. The Bertz CT molecular complexity index is 734. The van der Waals surface area contributed by atoms with E-state index in [2.05, 4.69) is 113 Å². The Hall–Kier alpha value is -2.04. The van der Waals surface area contributed by atoms with Crippen LogP contribution in [0.2, 0.25) is 0 Å². The minimum Gasteiger partial charge on any atom is -0.389 e. The molecule has 1 fully saturated rings. The summed E-state index contributed by atoms with van der Waals surface area (Å²) < 4.78 is 0. The molecule has 1 heterocycles. The van der Waals surface area contributed by atoms with Crippen LogP contribution in [0.25, 0.3) is 0 Å². The van der Waals surface area contributed by atoms with E-state index in [1.807, 2.05) is 0 Å². The number of nitrogens with zero attached hydrogens (tertiary/aromatic N) is 2. The Balaban J connectivity index is 1.97. The van der Waals surface area contributed by atoms with Gasteiger partial charge in [0.05, 0.1) is 5.60 Å². The summed E-state index contributed by atoms with van der Waals surface area (Å²) in [6.07, 6.45) is 0.746. The number of anilines is 2. The fourth-order valence-corrected chi connectivity index (χ4v) is 4.85. The summed E-state index contributed by atoms with van der Waals surface area (Å²) in [6.45, 7) is 6.47. The summed E-state index contributed by atoms with van der Waals surface area (Å²) in [4.78, 5) is 4.22. The number of nitrogens with one attached hydrogen (secondary N) is 1. The van der Waals surface area contributed by atoms with Gasteiger partial charge in [-0.25, -0.2) is 0 Å². The highest BCUT2D eigenvalue weighted by Gasteiger charge is 2.50. The Kier molecular flexibility index (Phi) is 6.25. The fraction of sp³-hybridized carbons (Fsp3) is 0.520. The zero-order valence-electron chi connectivity index (χ0n) is 19.0. The summed E-state index contributed by atoms with van der Waals surface area (Å²) >= 11 is 0. The van der Waals surface area contributed by atoms with E-state index in [1.165, 1.54) is 22.5 Å². The van der Waals surface area contributed by atoms with Crippen molar-refractivity contribution in [2.45, 2.75) is 44.9 Å². The van der Waals surface area contributed by atoms with Gasteiger partial charge in [-0.3, -0.25) is 0 Å². The van der Waals surface area contributed by atoms with Crippen LogP contribution >= 0.6 is 0 Å². The third kappa shape index (κ3) is 4.01. The molecule has 0 aromatic heterocycles. The molecule has 4 heteroatoms. The molecule has 1 unspecified atom stereocenters. The molecule has 1 aliphatic heterocycles. The lowest BCUT2D eigenvalue weighted by Crippen LogP contribution is -2.57. The van der Waals surface area contributed by atoms with Crippen molar-refractivity contribution < 1.29 is 5.11 Å². The molecule has 0 radical (unpaired) electrons. The molecule has 2 aromatic rings. The van der Waals surface area contributed by atoms with Crippen LogP contribution in [0.4, 0.5) is 11.4 Å². The van der Waals surface area contributed by atoms with Crippen molar-refractivity contribution in [3.63, 3.8) is 0 Å². The van der Waals surface area contributed by atoms with Crippen molar-refractivity contribution in [3.05, 3.63) is 59.7 Å². The van der Waals surface area contributed by atoms with Gasteiger partial charge >= 0.3 is 0 Å². The molecular formula is C25H37N3O. The Morgan fingerprint density at radius 1 is 0.759 bits per heavy atom. The third-order valence-corrected chi connectivity index (χ3v) is 7.04. The van der Waals surface area contributed by atoms with Gasteiger partial charge in [0.1, 0.15) is 0 Å². The lowest BCUT2D eigenvalue weighted by molar-refractivity contribution is -0.113. The van der Waals surface area contributed by atoms with Crippen molar-refractivity contribution in [1.82, 2.24) is 5.32 Å². The molecule has 2 aromatic carbocycles. The van der Waals surface area contributed by atoms with Crippen molar-refractivity contribution in [2.24, 2.45) is 11.8 Å². The number of hydrogen-bond donors (Lipinski definition) is 2. The number of benzene rings is 2. The van der Waals surface area contributed by atoms with Crippen LogP contribution in [0.5, 0.6) is 0 Å². The highest BCUT2D eigenvalue weighted by atomic mass is 16.3. The molecule has 0 aliphatic carbocycles. The predicted molar refractivity (Wildman–Crippen MR) is 124 cm³/mol. The van der Waals surface area contributed by atoms with E-state index >= 15 is 0 Å². The summed E-state index contributed by atoms with van der Waals surface area (Å²) in [7, 11) is 8.23. The molecule has 0 amide bonds. The van der Waals surface area contributed by atoms with Crippen molar-refractivity contribution in [3.8, 4) is 0 Å². The smallest absolute Gasteiger partial charge is 0.0732 e. The van der Waals surface area contributed by atoms with E-state index < -0.39 is 5.60 Å². The quantitative estimate of drug-likeness (QED) is 0.775. The first-order valence-corrected chi connectivity index (χ1v) is 10.7. The lowest BCUT2D eigenvalue weighted by atomic mass is 9.65. The molecule has 1 saturated heterocycles. The molecule has 158 valence electrons. The number of rotatable bonds is 5. The summed E-state index contributed by atoms with van der Waals surface area (Å²) in [5, 5.41) is 15.6. The average molecular weight is 396 g/mol. The number of aliphatic hydroxyl groups is 1. The van der Waals surface area contributed by atoms with Crippen LogP contribution in [0.3, 0.4) is 0 Å². The van der Waals surface area contributed by atoms with E-state index in [4.69, 9.17) is 0 Å². The van der Waals surface area contributed by atoms with Gasteiger partial charge in [-0.15, -0.1) is 0 Å². The zero-order valence-corrected chi connectivity index (χ0v) is 19.0. The van der Waals surface area contributed by atoms with Gasteiger partial charge < -0.3 is 20.2 Å². The second kappa shape index (κ2) is 8.37. The SMILES string of the molecule is CCC1(O)[C@H](C)[C@@H](c2ccc(N(C)C)cc2)N[C@H](c2ccc(N(C)C)cc2)[C@@H]1C. The van der Waals surface area contributed by atoms with Crippen LogP contribution < -0.4 is 15.1 Å². The third-order valence-electron chi connectivity index (χ3n) is 7.04. The van der Waals surface area contributed by atoms with E-state index in [0.717, 1.165) is 6.42 Å². The second-order valence-corrected chi connectivity index (χ2v) is 9.02. The van der Waals surface area contributed by atoms with Gasteiger partial charge in [-0.2, -0.15) is 0 Å². The Labute approximate surface area is 176 Å². The predicted octanol–water partition coefficient (Wildman–Crippen LogP) is 4.62. The molecule has 0 saturated carbocycles. The molecule has 4 nitrogen and oxygen atoms in total. The minimum absolute atomic E-state index is 0.103. The number of piperidine rings is 1. The Morgan fingerprint density at radius 2 is 1.10 bits per heavy atom. The van der Waals surface area contributed by atoms with Crippen LogP contribution in [0.15, 0.2) is 48.5 Å². The van der Waals surface area contributed by atoms with E-state index in [-0.39, 0.29) is 23.9 Å². The monoisotopic (exact) mass is 395 g/mol. The van der Waals surface area contributed by atoms with Gasteiger partial charge in [-0.1, -0.05) is 45.0 Å². The number of hydrogen-bond acceptors (Lipinski definition) is 4. The molecular weight excluding hydrogens is 358 g/mol. The maximum atomic E-state index is 11.7. The maximum Gasteiger partial charge on any atom is 0.0732 e. The van der Waals surface area contributed by atoms with E-state index in [9.17, 15) is 5.11 Å². The van der Waals surface area contributed by atoms with Crippen molar-refractivity contribution in [2.75, 3.05) is 38.0 Å². The van der Waals surface area contributed by atoms with E-state index in [1.54, 1.807) is 0 Å². The topological polar surface area (TPSA) is 38.7 Å². The molecule has 29 heavy (non-hydrogen) atoms. The summed E-state index contributed by atoms with van der Waals surface area (Å²) in [5.41, 5.74) is 4.12.